The molecule has 1 aliphatic heterocycles. The van der Waals surface area contributed by atoms with Crippen LogP contribution in [0.3, 0.4) is 0 Å². The average molecular weight is 208 g/mol. The van der Waals surface area contributed by atoms with Crippen molar-refractivity contribution in [3.63, 3.8) is 0 Å². The predicted molar refractivity (Wildman–Crippen MR) is 58.7 cm³/mol. The summed E-state index contributed by atoms with van der Waals surface area (Å²) < 4.78 is 5.01. The van der Waals surface area contributed by atoms with Gasteiger partial charge in [-0.1, -0.05) is 12.1 Å². The van der Waals surface area contributed by atoms with Gasteiger partial charge in [-0.3, -0.25) is 0 Å². The van der Waals surface area contributed by atoms with Gasteiger partial charge < -0.3 is 20.3 Å². The summed E-state index contributed by atoms with van der Waals surface area (Å²) in [4.78, 5) is 0. The zero-order valence-electron chi connectivity index (χ0n) is 8.69. The molecule has 0 atom stereocenters. The number of quaternary nitrogens is 1. The van der Waals surface area contributed by atoms with Gasteiger partial charge in [-0.05, 0) is 12.1 Å². The van der Waals surface area contributed by atoms with Crippen molar-refractivity contribution in [2.24, 2.45) is 0 Å². The Kier molecular flexibility index (Phi) is 2.90. The third-order valence-corrected chi connectivity index (χ3v) is 2.74. The minimum Gasteiger partial charge on any atom is -0.632 e. The molecule has 1 aromatic rings. The van der Waals surface area contributed by atoms with Gasteiger partial charge in [-0.25, -0.2) is 0 Å². The Morgan fingerprint density at radius 1 is 1.20 bits per heavy atom. The summed E-state index contributed by atoms with van der Waals surface area (Å²) in [5.74, 6) is 0. The molecule has 4 heteroatoms. The fraction of sp³-hybridized carbons (Fsp3) is 0.455. The lowest BCUT2D eigenvalue weighted by molar-refractivity contribution is -0.901. The van der Waals surface area contributed by atoms with Crippen LogP contribution in [-0.4, -0.2) is 30.9 Å². The number of nitrogen functional groups attached to an aromatic ring is 1. The molecule has 2 rings (SSSR count). The molecule has 1 aliphatic rings. The van der Waals surface area contributed by atoms with Crippen molar-refractivity contribution in [2.45, 2.75) is 6.54 Å². The monoisotopic (exact) mass is 208 g/mol. The van der Waals surface area contributed by atoms with Gasteiger partial charge in [0, 0.05) is 11.3 Å². The Balaban J connectivity index is 2.03. The molecule has 82 valence electrons. The van der Waals surface area contributed by atoms with Gasteiger partial charge in [0.25, 0.3) is 0 Å². The second-order valence-electron chi connectivity index (χ2n) is 4.02. The number of rotatable bonds is 2. The molecule has 0 aromatic heterocycles. The van der Waals surface area contributed by atoms with Crippen LogP contribution in [0.5, 0.6) is 0 Å². The van der Waals surface area contributed by atoms with Crippen molar-refractivity contribution < 1.29 is 9.38 Å². The van der Waals surface area contributed by atoms with E-state index in [1.54, 1.807) is 0 Å². The van der Waals surface area contributed by atoms with Gasteiger partial charge in [0.15, 0.2) is 0 Å². The number of nitrogens with zero attached hydrogens (tertiary/aromatic N) is 1. The lowest BCUT2D eigenvalue weighted by atomic mass is 10.2. The molecular formula is C11H16N2O2. The maximum atomic E-state index is 12.2. The molecule has 2 N–H and O–H groups in total. The quantitative estimate of drug-likeness (QED) is 0.450. The Morgan fingerprint density at radius 2 is 1.80 bits per heavy atom. The van der Waals surface area contributed by atoms with Gasteiger partial charge in [0.1, 0.15) is 19.6 Å². The molecule has 0 aliphatic carbocycles. The van der Waals surface area contributed by atoms with Crippen LogP contribution in [0.1, 0.15) is 5.56 Å². The normalized spacial score (nSPS) is 20.1. The first-order chi connectivity index (χ1) is 7.18. The molecule has 1 aromatic carbocycles. The maximum Gasteiger partial charge on any atom is 0.104 e. The van der Waals surface area contributed by atoms with Gasteiger partial charge in [-0.2, -0.15) is 0 Å². The van der Waals surface area contributed by atoms with Crippen molar-refractivity contribution in [2.75, 3.05) is 32.0 Å². The van der Waals surface area contributed by atoms with Crippen LogP contribution in [0.4, 0.5) is 5.69 Å². The van der Waals surface area contributed by atoms with E-state index in [1.807, 2.05) is 24.3 Å². The number of hydrogen-bond donors (Lipinski definition) is 1. The maximum absolute atomic E-state index is 12.2. The summed E-state index contributed by atoms with van der Waals surface area (Å²) in [5.41, 5.74) is 7.37. The van der Waals surface area contributed by atoms with E-state index in [9.17, 15) is 5.21 Å². The molecule has 4 nitrogen and oxygen atoms in total. The molecule has 0 saturated carbocycles. The standard InChI is InChI=1S/C11H16N2O2/c12-11-3-1-10(2-4-11)9-13(14)5-7-15-8-6-13/h1-4H,5-9,12H2. The van der Waals surface area contributed by atoms with E-state index >= 15 is 0 Å². The number of ether oxygens (including phenoxy) is 1. The highest BCUT2D eigenvalue weighted by Gasteiger charge is 2.21. The second kappa shape index (κ2) is 4.18. The van der Waals surface area contributed by atoms with E-state index in [0.29, 0.717) is 32.8 Å². The van der Waals surface area contributed by atoms with Crippen molar-refractivity contribution in [3.05, 3.63) is 35.0 Å². The lowest BCUT2D eigenvalue weighted by Crippen LogP contribution is -2.49. The Labute approximate surface area is 89.4 Å². The van der Waals surface area contributed by atoms with Crippen LogP contribution in [0.25, 0.3) is 0 Å². The summed E-state index contributed by atoms with van der Waals surface area (Å²) in [6, 6.07) is 7.51. The molecule has 0 bridgehead atoms. The minimum absolute atomic E-state index is 0.177. The van der Waals surface area contributed by atoms with Crippen LogP contribution in [0.2, 0.25) is 0 Å². The Hall–Kier alpha value is -1.10. The third-order valence-electron chi connectivity index (χ3n) is 2.74. The van der Waals surface area contributed by atoms with Crippen molar-refractivity contribution in [1.82, 2.24) is 0 Å². The number of morpholine rings is 1. The first-order valence-electron chi connectivity index (χ1n) is 5.17. The second-order valence-corrected chi connectivity index (χ2v) is 4.02. The molecule has 0 unspecified atom stereocenters. The number of nitrogens with two attached hydrogens (primary N) is 1. The summed E-state index contributed by atoms with van der Waals surface area (Å²) in [7, 11) is 0. The number of benzene rings is 1. The number of anilines is 1. The Morgan fingerprint density at radius 3 is 2.40 bits per heavy atom. The number of hydrogen-bond acceptors (Lipinski definition) is 3. The van der Waals surface area contributed by atoms with E-state index in [1.165, 1.54) is 0 Å². The summed E-state index contributed by atoms with van der Waals surface area (Å²) in [6.07, 6.45) is 0. The average Bonchev–Trinajstić information content (AvgIpc) is 2.22. The molecule has 15 heavy (non-hydrogen) atoms. The highest BCUT2D eigenvalue weighted by molar-refractivity contribution is 5.39. The van der Waals surface area contributed by atoms with Gasteiger partial charge in [-0.15, -0.1) is 0 Å². The van der Waals surface area contributed by atoms with Crippen LogP contribution >= 0.6 is 0 Å². The lowest BCUT2D eigenvalue weighted by Gasteiger charge is -2.45. The zero-order chi connectivity index (χ0) is 10.7. The summed E-state index contributed by atoms with van der Waals surface area (Å²) in [5, 5.41) is 12.2. The fourth-order valence-corrected chi connectivity index (χ4v) is 1.79. The topological polar surface area (TPSA) is 58.3 Å². The molecule has 1 heterocycles. The first kappa shape index (κ1) is 10.4. The van der Waals surface area contributed by atoms with E-state index in [2.05, 4.69) is 0 Å². The first-order valence-corrected chi connectivity index (χ1v) is 5.17. The molecule has 0 amide bonds. The highest BCUT2D eigenvalue weighted by atomic mass is 16.6. The molecule has 1 fully saturated rings. The van der Waals surface area contributed by atoms with E-state index in [-0.39, 0.29) is 4.65 Å². The van der Waals surface area contributed by atoms with E-state index < -0.39 is 0 Å². The van der Waals surface area contributed by atoms with Gasteiger partial charge in [0.05, 0.1) is 13.2 Å². The summed E-state index contributed by atoms with van der Waals surface area (Å²) >= 11 is 0. The van der Waals surface area contributed by atoms with Crippen LogP contribution in [0.15, 0.2) is 24.3 Å². The van der Waals surface area contributed by atoms with E-state index in [4.69, 9.17) is 10.5 Å². The zero-order valence-corrected chi connectivity index (χ0v) is 8.69. The number of hydroxylamine groups is 3. The van der Waals surface area contributed by atoms with Crippen LogP contribution in [0, 0.1) is 5.21 Å². The third kappa shape index (κ3) is 2.68. The van der Waals surface area contributed by atoms with E-state index in [0.717, 1.165) is 11.3 Å². The smallest absolute Gasteiger partial charge is 0.104 e. The predicted octanol–water partition coefficient (Wildman–Crippen LogP) is 1.11. The van der Waals surface area contributed by atoms with Crippen LogP contribution in [-0.2, 0) is 11.3 Å². The summed E-state index contributed by atoms with van der Waals surface area (Å²) in [6.45, 7) is 2.75. The molecule has 0 radical (unpaired) electrons. The van der Waals surface area contributed by atoms with Crippen molar-refractivity contribution >= 4 is 5.69 Å². The fourth-order valence-electron chi connectivity index (χ4n) is 1.79. The largest absolute Gasteiger partial charge is 0.632 e. The van der Waals surface area contributed by atoms with Crippen LogP contribution < -0.4 is 5.73 Å². The van der Waals surface area contributed by atoms with Crippen molar-refractivity contribution in [3.8, 4) is 0 Å². The minimum atomic E-state index is -0.177. The molecule has 1 saturated heterocycles. The van der Waals surface area contributed by atoms with Gasteiger partial charge in [0.2, 0.25) is 0 Å². The highest BCUT2D eigenvalue weighted by Crippen LogP contribution is 2.16. The van der Waals surface area contributed by atoms with Crippen molar-refractivity contribution in [1.29, 1.82) is 0 Å². The van der Waals surface area contributed by atoms with Gasteiger partial charge >= 0.3 is 0 Å². The SMILES string of the molecule is Nc1ccc(C[N+]2([O-])CCOCC2)cc1. The molecular weight excluding hydrogens is 192 g/mol. The molecule has 0 spiro atoms. The Bertz CT molecular complexity index is 318.